The van der Waals surface area contributed by atoms with E-state index in [0.717, 1.165) is 11.6 Å². The maximum Gasteiger partial charge on any atom is 0.143 e. The first kappa shape index (κ1) is 12.1. The van der Waals surface area contributed by atoms with E-state index in [1.807, 2.05) is 12.1 Å². The lowest BCUT2D eigenvalue weighted by atomic mass is 9.87. The van der Waals surface area contributed by atoms with Crippen LogP contribution in [0.2, 0.25) is 0 Å². The summed E-state index contributed by atoms with van der Waals surface area (Å²) in [6.45, 7) is 2.34. The molecule has 0 aliphatic heterocycles. The predicted octanol–water partition coefficient (Wildman–Crippen LogP) is 2.65. The number of rotatable bonds is 3. The van der Waals surface area contributed by atoms with Gasteiger partial charge in [0.25, 0.3) is 0 Å². The number of benzene rings is 1. The van der Waals surface area contributed by atoms with Crippen molar-refractivity contribution in [1.82, 2.24) is 20.2 Å². The van der Waals surface area contributed by atoms with Crippen molar-refractivity contribution in [1.29, 1.82) is 0 Å². The number of hydrogen-bond donors (Lipinski definition) is 1. The average molecular weight is 257 g/mol. The largest absolute Gasteiger partial charge is 0.382 e. The van der Waals surface area contributed by atoms with E-state index in [1.54, 1.807) is 11.0 Å². The molecule has 1 fully saturated rings. The van der Waals surface area contributed by atoms with Crippen molar-refractivity contribution in [3.8, 4) is 5.69 Å². The zero-order chi connectivity index (χ0) is 13.1. The quantitative estimate of drug-likeness (QED) is 0.918. The Kier molecular flexibility index (Phi) is 3.44. The second kappa shape index (κ2) is 5.38. The minimum atomic E-state index is 0.614. The van der Waals surface area contributed by atoms with Crippen molar-refractivity contribution in [2.24, 2.45) is 5.92 Å². The Hall–Kier alpha value is -1.91. The van der Waals surface area contributed by atoms with Gasteiger partial charge in [-0.1, -0.05) is 19.8 Å². The van der Waals surface area contributed by atoms with Gasteiger partial charge >= 0.3 is 0 Å². The zero-order valence-electron chi connectivity index (χ0n) is 11.2. The van der Waals surface area contributed by atoms with Crippen molar-refractivity contribution in [3.05, 3.63) is 30.6 Å². The highest BCUT2D eigenvalue weighted by atomic mass is 15.5. The van der Waals surface area contributed by atoms with Crippen LogP contribution in [0.4, 0.5) is 5.69 Å². The molecular formula is C14H19N5. The summed E-state index contributed by atoms with van der Waals surface area (Å²) in [6, 6.07) is 8.87. The molecule has 1 aliphatic carbocycles. The second-order valence-corrected chi connectivity index (χ2v) is 5.41. The minimum Gasteiger partial charge on any atom is -0.382 e. The minimum absolute atomic E-state index is 0.614. The van der Waals surface area contributed by atoms with Gasteiger partial charge in [-0.15, -0.1) is 5.10 Å². The van der Waals surface area contributed by atoms with Crippen molar-refractivity contribution in [3.63, 3.8) is 0 Å². The van der Waals surface area contributed by atoms with Gasteiger partial charge in [-0.3, -0.25) is 0 Å². The summed E-state index contributed by atoms with van der Waals surface area (Å²) in [4.78, 5) is 0. The maximum absolute atomic E-state index is 3.88. The molecule has 5 nitrogen and oxygen atoms in total. The van der Waals surface area contributed by atoms with Gasteiger partial charge in [-0.25, -0.2) is 4.68 Å². The van der Waals surface area contributed by atoms with E-state index in [2.05, 4.69) is 39.9 Å². The molecule has 1 aromatic heterocycles. The van der Waals surface area contributed by atoms with E-state index >= 15 is 0 Å². The smallest absolute Gasteiger partial charge is 0.143 e. The number of nitrogens with one attached hydrogen (secondary N) is 1. The molecule has 0 saturated heterocycles. The summed E-state index contributed by atoms with van der Waals surface area (Å²) < 4.78 is 1.66. The maximum atomic E-state index is 3.88. The van der Waals surface area contributed by atoms with Gasteiger partial charge < -0.3 is 5.32 Å². The predicted molar refractivity (Wildman–Crippen MR) is 74.2 cm³/mol. The lowest BCUT2D eigenvalue weighted by Gasteiger charge is -2.28. The van der Waals surface area contributed by atoms with E-state index in [4.69, 9.17) is 0 Å². The molecule has 0 radical (unpaired) electrons. The van der Waals surface area contributed by atoms with Crippen LogP contribution in [0.5, 0.6) is 0 Å². The van der Waals surface area contributed by atoms with Gasteiger partial charge in [0.05, 0.1) is 5.69 Å². The van der Waals surface area contributed by atoms with Crippen LogP contribution in [-0.4, -0.2) is 26.2 Å². The van der Waals surface area contributed by atoms with Crippen molar-refractivity contribution in [2.75, 3.05) is 5.32 Å². The Morgan fingerprint density at radius 3 is 2.74 bits per heavy atom. The highest BCUT2D eigenvalue weighted by Crippen LogP contribution is 2.26. The molecule has 0 amide bonds. The fourth-order valence-electron chi connectivity index (χ4n) is 2.79. The Bertz CT molecular complexity index is 505. The van der Waals surface area contributed by atoms with E-state index in [-0.39, 0.29) is 0 Å². The molecule has 2 unspecified atom stereocenters. The number of anilines is 1. The van der Waals surface area contributed by atoms with E-state index in [1.165, 1.54) is 31.4 Å². The molecule has 0 spiro atoms. The Morgan fingerprint density at radius 1 is 1.21 bits per heavy atom. The molecule has 1 saturated carbocycles. The number of tetrazole rings is 1. The molecule has 1 N–H and O–H groups in total. The monoisotopic (exact) mass is 257 g/mol. The van der Waals surface area contributed by atoms with Gasteiger partial charge in [0, 0.05) is 11.7 Å². The molecule has 5 heteroatoms. The molecule has 1 aliphatic rings. The Labute approximate surface area is 113 Å². The summed E-state index contributed by atoms with van der Waals surface area (Å²) >= 11 is 0. The second-order valence-electron chi connectivity index (χ2n) is 5.41. The van der Waals surface area contributed by atoms with Crippen molar-refractivity contribution in [2.45, 2.75) is 38.6 Å². The Balaban J connectivity index is 1.66. The van der Waals surface area contributed by atoms with Crippen LogP contribution in [0, 0.1) is 5.92 Å². The summed E-state index contributed by atoms with van der Waals surface area (Å²) in [5, 5.41) is 14.8. The summed E-state index contributed by atoms with van der Waals surface area (Å²) in [7, 11) is 0. The third-order valence-corrected chi connectivity index (χ3v) is 3.79. The summed E-state index contributed by atoms with van der Waals surface area (Å²) in [6.07, 6.45) is 6.86. The molecular weight excluding hydrogens is 238 g/mol. The lowest BCUT2D eigenvalue weighted by Crippen LogP contribution is -2.26. The topological polar surface area (TPSA) is 55.6 Å². The van der Waals surface area contributed by atoms with E-state index in [9.17, 15) is 0 Å². The molecule has 19 heavy (non-hydrogen) atoms. The van der Waals surface area contributed by atoms with Crippen LogP contribution >= 0.6 is 0 Å². The number of hydrogen-bond acceptors (Lipinski definition) is 4. The van der Waals surface area contributed by atoms with Crippen LogP contribution < -0.4 is 5.32 Å². The van der Waals surface area contributed by atoms with Gasteiger partial charge in [0.2, 0.25) is 0 Å². The zero-order valence-corrected chi connectivity index (χ0v) is 11.2. The van der Waals surface area contributed by atoms with Crippen molar-refractivity contribution >= 4 is 5.69 Å². The highest BCUT2D eigenvalue weighted by Gasteiger charge is 2.18. The molecule has 2 aromatic rings. The van der Waals surface area contributed by atoms with Gasteiger partial charge in [-0.2, -0.15) is 0 Å². The summed E-state index contributed by atoms with van der Waals surface area (Å²) in [5.41, 5.74) is 2.16. The van der Waals surface area contributed by atoms with Gasteiger partial charge in [-0.05, 0) is 53.5 Å². The lowest BCUT2D eigenvalue weighted by molar-refractivity contribution is 0.358. The summed E-state index contributed by atoms with van der Waals surface area (Å²) in [5.74, 6) is 0.840. The molecule has 0 bridgehead atoms. The third kappa shape index (κ3) is 2.92. The molecule has 3 rings (SSSR count). The first-order valence-electron chi connectivity index (χ1n) is 6.91. The normalized spacial score (nSPS) is 23.2. The van der Waals surface area contributed by atoms with Crippen LogP contribution in [0.15, 0.2) is 30.6 Å². The van der Waals surface area contributed by atoms with E-state index in [0.29, 0.717) is 6.04 Å². The van der Waals surface area contributed by atoms with Gasteiger partial charge in [0.15, 0.2) is 0 Å². The molecule has 2 atom stereocenters. The number of nitrogens with zero attached hydrogens (tertiary/aromatic N) is 4. The fourth-order valence-corrected chi connectivity index (χ4v) is 2.79. The van der Waals surface area contributed by atoms with E-state index < -0.39 is 0 Å². The number of aromatic nitrogens is 4. The SMILES string of the molecule is CC1CCCC(Nc2ccc(-n3cnnn3)cc2)C1. The fraction of sp³-hybridized carbons (Fsp3) is 0.500. The van der Waals surface area contributed by atoms with Crippen LogP contribution in [0.1, 0.15) is 32.6 Å². The highest BCUT2D eigenvalue weighted by molar-refractivity contribution is 5.49. The first-order chi connectivity index (χ1) is 9.31. The average Bonchev–Trinajstić information content (AvgIpc) is 2.94. The van der Waals surface area contributed by atoms with Crippen LogP contribution in [0.25, 0.3) is 5.69 Å². The van der Waals surface area contributed by atoms with Crippen LogP contribution in [-0.2, 0) is 0 Å². The molecule has 100 valence electrons. The first-order valence-corrected chi connectivity index (χ1v) is 6.91. The molecule has 1 heterocycles. The van der Waals surface area contributed by atoms with Gasteiger partial charge in [0.1, 0.15) is 6.33 Å². The standard InChI is InChI=1S/C14H19N5/c1-11-3-2-4-13(9-11)16-12-5-7-14(8-6-12)19-10-15-17-18-19/h5-8,10-11,13,16H,2-4,9H2,1H3. The van der Waals surface area contributed by atoms with Crippen LogP contribution in [0.3, 0.4) is 0 Å². The van der Waals surface area contributed by atoms with Crippen molar-refractivity contribution < 1.29 is 0 Å². The third-order valence-electron chi connectivity index (χ3n) is 3.79. The molecule has 1 aromatic carbocycles. The Morgan fingerprint density at radius 2 is 2.05 bits per heavy atom.